The zero-order valence-electron chi connectivity index (χ0n) is 18.7. The second-order valence-corrected chi connectivity index (χ2v) is 9.84. The van der Waals surface area contributed by atoms with E-state index < -0.39 is 46.7 Å². The van der Waals surface area contributed by atoms with Crippen LogP contribution in [-0.2, 0) is 20.9 Å². The van der Waals surface area contributed by atoms with Crippen LogP contribution in [0.5, 0.6) is 11.6 Å². The van der Waals surface area contributed by atoms with Gasteiger partial charge < -0.3 is 25.7 Å². The quantitative estimate of drug-likeness (QED) is 0.218. The predicted molar refractivity (Wildman–Crippen MR) is 127 cm³/mol. The molecule has 15 heteroatoms. The number of aliphatic hydroxyl groups is 1. The van der Waals surface area contributed by atoms with E-state index in [1.165, 1.54) is 40.6 Å². The Morgan fingerprint density at radius 3 is 2.56 bits per heavy atom. The number of aliphatic carboxylic acids is 1. The van der Waals surface area contributed by atoms with Crippen molar-refractivity contribution in [2.24, 2.45) is 0 Å². The maximum absolute atomic E-state index is 12.8. The zero-order chi connectivity index (χ0) is 26.1. The molecular weight excluding hydrogens is 514 g/mol. The van der Waals surface area contributed by atoms with Crippen LogP contribution in [0.15, 0.2) is 45.5 Å². The van der Waals surface area contributed by atoms with Crippen molar-refractivity contribution < 1.29 is 34.8 Å². The van der Waals surface area contributed by atoms with Gasteiger partial charge in [0.2, 0.25) is 0 Å². The van der Waals surface area contributed by atoms with Crippen molar-refractivity contribution in [3.05, 3.63) is 51.5 Å². The van der Waals surface area contributed by atoms with Crippen LogP contribution in [0.3, 0.4) is 0 Å². The first kappa shape index (κ1) is 25.5. The van der Waals surface area contributed by atoms with Crippen molar-refractivity contribution in [3.8, 4) is 11.6 Å². The lowest BCUT2D eigenvalue weighted by Gasteiger charge is -2.49. The average Bonchev–Trinajstić information content (AvgIpc) is 2.87. The smallest absolute Gasteiger partial charge is 0.352 e. The lowest BCUT2D eigenvalue weighted by molar-refractivity contribution is -0.151. The minimum Gasteiger partial charge on any atom is -0.508 e. The SMILES string of the molecule is CCn1c(SCC2=C(C(=O)O)N3C(=O)C(NC(=O)C(O)c4ccc(O)cc4)[C@@H]3SC2)nnc(O)c1=O. The van der Waals surface area contributed by atoms with Gasteiger partial charge in [0.15, 0.2) is 11.3 Å². The number of nitrogens with zero attached hydrogens (tertiary/aromatic N) is 4. The third kappa shape index (κ3) is 4.64. The molecule has 190 valence electrons. The molecule has 36 heavy (non-hydrogen) atoms. The number of thioether (sulfide) groups is 2. The van der Waals surface area contributed by atoms with E-state index in [2.05, 4.69) is 15.5 Å². The summed E-state index contributed by atoms with van der Waals surface area (Å²) in [6, 6.07) is 4.34. The molecule has 0 spiro atoms. The summed E-state index contributed by atoms with van der Waals surface area (Å²) >= 11 is 2.30. The van der Waals surface area contributed by atoms with Gasteiger partial charge >= 0.3 is 11.5 Å². The van der Waals surface area contributed by atoms with Crippen molar-refractivity contribution in [2.75, 3.05) is 11.5 Å². The summed E-state index contributed by atoms with van der Waals surface area (Å²) in [6.07, 6.45) is -1.58. The summed E-state index contributed by atoms with van der Waals surface area (Å²) in [6.45, 7) is 1.90. The fraction of sp³-hybridized carbons (Fsp3) is 0.333. The van der Waals surface area contributed by atoms with Gasteiger partial charge in [-0.15, -0.1) is 22.0 Å². The molecule has 1 aromatic heterocycles. The molecule has 2 aliphatic heterocycles. The molecule has 1 saturated heterocycles. The van der Waals surface area contributed by atoms with Crippen LogP contribution < -0.4 is 10.9 Å². The fourth-order valence-electron chi connectivity index (χ4n) is 3.77. The first-order valence-corrected chi connectivity index (χ1v) is 12.6. The van der Waals surface area contributed by atoms with E-state index >= 15 is 0 Å². The minimum absolute atomic E-state index is 0.0350. The van der Waals surface area contributed by atoms with Crippen LogP contribution in [0, 0.1) is 0 Å². The highest BCUT2D eigenvalue weighted by molar-refractivity contribution is 8.01. The number of hydrogen-bond donors (Lipinski definition) is 5. The Balaban J connectivity index is 1.48. The molecule has 0 bridgehead atoms. The number of carbonyl (C=O) groups excluding carboxylic acids is 2. The van der Waals surface area contributed by atoms with E-state index in [9.17, 15) is 39.6 Å². The Morgan fingerprint density at radius 1 is 1.22 bits per heavy atom. The first-order valence-electron chi connectivity index (χ1n) is 10.6. The molecule has 0 aliphatic carbocycles. The Hall–Kier alpha value is -3.56. The summed E-state index contributed by atoms with van der Waals surface area (Å²) in [5.41, 5.74) is -0.288. The molecule has 3 heterocycles. The third-order valence-corrected chi connectivity index (χ3v) is 7.99. The second kappa shape index (κ2) is 10.2. The van der Waals surface area contributed by atoms with Crippen LogP contribution in [0.4, 0.5) is 0 Å². The van der Waals surface area contributed by atoms with Gasteiger partial charge in [0, 0.05) is 18.1 Å². The number of amides is 2. The number of hydrogen-bond acceptors (Lipinski definition) is 11. The van der Waals surface area contributed by atoms with Crippen molar-refractivity contribution in [1.29, 1.82) is 0 Å². The van der Waals surface area contributed by atoms with Gasteiger partial charge in [0.25, 0.3) is 17.7 Å². The molecule has 0 saturated carbocycles. The van der Waals surface area contributed by atoms with Gasteiger partial charge in [0.1, 0.15) is 22.9 Å². The van der Waals surface area contributed by atoms with E-state index in [4.69, 9.17) is 0 Å². The average molecular weight is 536 g/mol. The van der Waals surface area contributed by atoms with Crippen molar-refractivity contribution in [3.63, 3.8) is 0 Å². The molecule has 0 radical (unpaired) electrons. The zero-order valence-corrected chi connectivity index (χ0v) is 20.3. The molecule has 4 rings (SSSR count). The number of aromatic hydroxyl groups is 2. The number of carbonyl (C=O) groups is 3. The highest BCUT2D eigenvalue weighted by Gasteiger charge is 2.54. The van der Waals surface area contributed by atoms with Gasteiger partial charge in [-0.25, -0.2) is 4.79 Å². The van der Waals surface area contributed by atoms with Gasteiger partial charge in [0.05, 0.1) is 0 Å². The highest BCUT2D eigenvalue weighted by Crippen LogP contribution is 2.41. The number of benzene rings is 1. The maximum Gasteiger partial charge on any atom is 0.352 e. The van der Waals surface area contributed by atoms with Gasteiger partial charge in [-0.2, -0.15) is 0 Å². The standard InChI is InChI=1S/C21H21N5O8S2/c1-2-25-18(32)16(30)23-24-21(25)36-8-10-7-35-19-12(17(31)26(19)13(10)20(33)34)22-15(29)14(28)9-3-5-11(27)6-4-9/h3-6,12,14,19,27-28H,2,7-8H2,1H3,(H,22,29)(H,23,30)(H,33,34)/t12?,14?,19-/m0/s1. The number of aromatic nitrogens is 3. The Morgan fingerprint density at radius 2 is 1.92 bits per heavy atom. The van der Waals surface area contributed by atoms with E-state index in [1.807, 2.05) is 0 Å². The number of fused-ring (bicyclic) bond motifs is 1. The molecule has 1 aromatic carbocycles. The number of carboxylic acid groups (broad SMARTS) is 1. The molecule has 2 unspecified atom stereocenters. The predicted octanol–water partition coefficient (Wildman–Crippen LogP) is -0.366. The van der Waals surface area contributed by atoms with E-state index in [0.29, 0.717) is 5.57 Å². The van der Waals surface area contributed by atoms with Gasteiger partial charge in [-0.05, 0) is 30.2 Å². The van der Waals surface area contributed by atoms with Crippen molar-refractivity contribution >= 4 is 41.3 Å². The number of phenols is 1. The second-order valence-electron chi connectivity index (χ2n) is 7.79. The maximum atomic E-state index is 12.8. The summed E-state index contributed by atoms with van der Waals surface area (Å²) in [7, 11) is 0. The van der Waals surface area contributed by atoms with Crippen LogP contribution in [0.1, 0.15) is 18.6 Å². The molecule has 2 aliphatic rings. The molecule has 5 N–H and O–H groups in total. The van der Waals surface area contributed by atoms with Crippen LogP contribution in [0.25, 0.3) is 0 Å². The van der Waals surface area contributed by atoms with E-state index in [1.54, 1.807) is 6.92 Å². The summed E-state index contributed by atoms with van der Waals surface area (Å²) < 4.78 is 1.20. The summed E-state index contributed by atoms with van der Waals surface area (Å²) in [5, 5.41) is 48.1. The number of carboxylic acids is 1. The normalized spacial score (nSPS) is 19.9. The van der Waals surface area contributed by atoms with Crippen LogP contribution in [0.2, 0.25) is 0 Å². The number of nitrogens with one attached hydrogen (secondary N) is 1. The molecule has 3 atom stereocenters. The molecule has 13 nitrogen and oxygen atoms in total. The third-order valence-electron chi connectivity index (χ3n) is 5.59. The number of rotatable bonds is 8. The Labute approximate surface area is 211 Å². The molecule has 1 fully saturated rings. The first-order chi connectivity index (χ1) is 17.1. The lowest BCUT2D eigenvalue weighted by atomic mass is 10.0. The van der Waals surface area contributed by atoms with E-state index in [0.717, 1.165) is 16.7 Å². The van der Waals surface area contributed by atoms with Crippen molar-refractivity contribution in [1.82, 2.24) is 25.0 Å². The number of β-lactam (4-membered cyclic amide) rings is 1. The van der Waals surface area contributed by atoms with Gasteiger partial charge in [-0.1, -0.05) is 23.9 Å². The topological polar surface area (TPSA) is 195 Å². The Kier molecular flexibility index (Phi) is 7.23. The molecular formula is C21H21N5O8S2. The van der Waals surface area contributed by atoms with Crippen molar-refractivity contribution in [2.45, 2.75) is 36.1 Å². The number of phenolic OH excluding ortho intramolecular Hbond substituents is 1. The summed E-state index contributed by atoms with van der Waals surface area (Å²) in [5.74, 6) is -3.22. The molecule has 2 amide bonds. The fourth-order valence-corrected chi connectivity index (χ4v) is 6.25. The van der Waals surface area contributed by atoms with E-state index in [-0.39, 0.29) is 40.2 Å². The van der Waals surface area contributed by atoms with Gasteiger partial charge in [-0.3, -0.25) is 23.9 Å². The molecule has 2 aromatic rings. The monoisotopic (exact) mass is 535 g/mol. The lowest BCUT2D eigenvalue weighted by Crippen LogP contribution is -2.70. The minimum atomic E-state index is -1.58. The number of aliphatic hydroxyl groups excluding tert-OH is 1. The van der Waals surface area contributed by atoms with Crippen LogP contribution >= 0.6 is 23.5 Å². The largest absolute Gasteiger partial charge is 0.508 e. The highest BCUT2D eigenvalue weighted by atomic mass is 32.2. The van der Waals surface area contributed by atoms with Crippen LogP contribution in [-0.4, -0.2) is 80.8 Å². The summed E-state index contributed by atoms with van der Waals surface area (Å²) in [4.78, 5) is 50.5. The Bertz CT molecular complexity index is 1310.